The van der Waals surface area contributed by atoms with Gasteiger partial charge in [-0.05, 0) is 12.5 Å². The van der Waals surface area contributed by atoms with E-state index in [1.165, 1.54) is 0 Å². The standard InChI is InChI=1S/C12H14N2O2/c1-2-12(7-15-8-12)9-16-11-6-14-4-3-10(11)5-13/h3-4,6H,2,7-9H2,1H3. The second-order valence-corrected chi connectivity index (χ2v) is 4.12. The third-order valence-electron chi connectivity index (χ3n) is 3.01. The Labute approximate surface area is 94.8 Å². The van der Waals surface area contributed by atoms with Crippen LogP contribution in [0, 0.1) is 16.7 Å². The molecule has 2 rings (SSSR count). The summed E-state index contributed by atoms with van der Waals surface area (Å²) in [4.78, 5) is 3.96. The SMILES string of the molecule is CCC1(COc2cnccc2C#N)COC1. The summed E-state index contributed by atoms with van der Waals surface area (Å²) in [6.07, 6.45) is 4.20. The maximum Gasteiger partial charge on any atom is 0.155 e. The summed E-state index contributed by atoms with van der Waals surface area (Å²) in [5.74, 6) is 0.560. The van der Waals surface area contributed by atoms with E-state index in [1.807, 2.05) is 0 Å². The molecule has 2 heterocycles. The van der Waals surface area contributed by atoms with Crippen molar-refractivity contribution < 1.29 is 9.47 Å². The summed E-state index contributed by atoms with van der Waals surface area (Å²) in [7, 11) is 0. The van der Waals surface area contributed by atoms with Gasteiger partial charge in [0.15, 0.2) is 5.75 Å². The molecule has 4 nitrogen and oxygen atoms in total. The second-order valence-electron chi connectivity index (χ2n) is 4.12. The van der Waals surface area contributed by atoms with Crippen molar-refractivity contribution in [1.29, 1.82) is 5.26 Å². The monoisotopic (exact) mass is 218 g/mol. The third kappa shape index (κ3) is 2.00. The number of pyridine rings is 1. The van der Waals surface area contributed by atoms with Crippen LogP contribution in [0.4, 0.5) is 0 Å². The predicted molar refractivity (Wildman–Crippen MR) is 58.0 cm³/mol. The first-order chi connectivity index (χ1) is 7.79. The van der Waals surface area contributed by atoms with E-state index in [-0.39, 0.29) is 5.41 Å². The lowest BCUT2D eigenvalue weighted by atomic mass is 9.84. The molecular formula is C12H14N2O2. The molecule has 0 N–H and O–H groups in total. The molecule has 1 aliphatic rings. The van der Waals surface area contributed by atoms with Gasteiger partial charge >= 0.3 is 0 Å². The quantitative estimate of drug-likeness (QED) is 0.772. The number of aromatic nitrogens is 1. The van der Waals surface area contributed by atoms with E-state index in [9.17, 15) is 0 Å². The summed E-state index contributed by atoms with van der Waals surface area (Å²) in [6.45, 7) is 4.20. The van der Waals surface area contributed by atoms with Gasteiger partial charge < -0.3 is 9.47 Å². The first-order valence-electron chi connectivity index (χ1n) is 5.34. The average Bonchev–Trinajstić information content (AvgIpc) is 2.29. The van der Waals surface area contributed by atoms with Gasteiger partial charge in [-0.2, -0.15) is 5.26 Å². The highest BCUT2D eigenvalue weighted by molar-refractivity contribution is 5.40. The van der Waals surface area contributed by atoms with Crippen LogP contribution < -0.4 is 4.74 Å². The first kappa shape index (κ1) is 10.9. The topological polar surface area (TPSA) is 55.1 Å². The molecule has 0 unspecified atom stereocenters. The minimum absolute atomic E-state index is 0.128. The molecule has 0 aliphatic carbocycles. The smallest absolute Gasteiger partial charge is 0.155 e. The molecule has 0 amide bonds. The van der Waals surface area contributed by atoms with Crippen molar-refractivity contribution in [1.82, 2.24) is 4.98 Å². The van der Waals surface area contributed by atoms with E-state index in [1.54, 1.807) is 18.5 Å². The molecule has 1 aliphatic heterocycles. The third-order valence-corrected chi connectivity index (χ3v) is 3.01. The minimum atomic E-state index is 0.128. The number of ether oxygens (including phenoxy) is 2. The Morgan fingerprint density at radius 1 is 1.62 bits per heavy atom. The van der Waals surface area contributed by atoms with Crippen LogP contribution in [0.3, 0.4) is 0 Å². The Balaban J connectivity index is 2.02. The van der Waals surface area contributed by atoms with Gasteiger partial charge in [0.2, 0.25) is 0 Å². The van der Waals surface area contributed by atoms with Crippen molar-refractivity contribution in [3.05, 3.63) is 24.0 Å². The van der Waals surface area contributed by atoms with Crippen LogP contribution >= 0.6 is 0 Å². The lowest BCUT2D eigenvalue weighted by Crippen LogP contribution is -2.46. The fraction of sp³-hybridized carbons (Fsp3) is 0.500. The van der Waals surface area contributed by atoms with Crippen molar-refractivity contribution in [2.75, 3.05) is 19.8 Å². The van der Waals surface area contributed by atoms with E-state index in [4.69, 9.17) is 14.7 Å². The highest BCUT2D eigenvalue weighted by atomic mass is 16.5. The molecular weight excluding hydrogens is 204 g/mol. The van der Waals surface area contributed by atoms with E-state index in [2.05, 4.69) is 18.0 Å². The molecule has 0 spiro atoms. The molecule has 0 bridgehead atoms. The maximum atomic E-state index is 8.89. The van der Waals surface area contributed by atoms with Gasteiger partial charge in [-0.1, -0.05) is 6.92 Å². The summed E-state index contributed by atoms with van der Waals surface area (Å²) >= 11 is 0. The van der Waals surface area contributed by atoms with E-state index >= 15 is 0 Å². The zero-order valence-corrected chi connectivity index (χ0v) is 9.27. The second kappa shape index (κ2) is 4.50. The molecule has 1 saturated heterocycles. The molecule has 16 heavy (non-hydrogen) atoms. The molecule has 0 atom stereocenters. The fourth-order valence-electron chi connectivity index (χ4n) is 1.60. The molecule has 84 valence electrons. The van der Waals surface area contributed by atoms with Crippen LogP contribution in [0.1, 0.15) is 18.9 Å². The van der Waals surface area contributed by atoms with Crippen LogP contribution in [0.2, 0.25) is 0 Å². The maximum absolute atomic E-state index is 8.89. The Bertz CT molecular complexity index is 402. The number of hydrogen-bond donors (Lipinski definition) is 0. The molecule has 0 saturated carbocycles. The Kier molecular flexibility index (Phi) is 3.07. The molecule has 4 heteroatoms. The Morgan fingerprint density at radius 2 is 2.44 bits per heavy atom. The normalized spacial score (nSPS) is 17.2. The molecule has 0 radical (unpaired) electrons. The number of rotatable bonds is 4. The van der Waals surface area contributed by atoms with Gasteiger partial charge in [0.1, 0.15) is 6.07 Å². The van der Waals surface area contributed by atoms with E-state index in [0.29, 0.717) is 17.9 Å². The van der Waals surface area contributed by atoms with Crippen LogP contribution in [0.5, 0.6) is 5.75 Å². The highest BCUT2D eigenvalue weighted by Crippen LogP contribution is 2.32. The molecule has 1 aromatic rings. The fourth-order valence-corrected chi connectivity index (χ4v) is 1.60. The van der Waals surface area contributed by atoms with Gasteiger partial charge in [-0.3, -0.25) is 4.98 Å². The molecule has 1 fully saturated rings. The number of nitriles is 1. The minimum Gasteiger partial charge on any atom is -0.490 e. The summed E-state index contributed by atoms with van der Waals surface area (Å²) in [5.41, 5.74) is 0.657. The van der Waals surface area contributed by atoms with Crippen LogP contribution in [0.15, 0.2) is 18.5 Å². The van der Waals surface area contributed by atoms with Crippen LogP contribution in [-0.2, 0) is 4.74 Å². The zero-order chi connectivity index (χ0) is 11.4. The Hall–Kier alpha value is -1.60. The van der Waals surface area contributed by atoms with Gasteiger partial charge in [0, 0.05) is 6.20 Å². The predicted octanol–water partition coefficient (Wildman–Crippen LogP) is 1.76. The lowest BCUT2D eigenvalue weighted by molar-refractivity contribution is -0.133. The zero-order valence-electron chi connectivity index (χ0n) is 9.27. The van der Waals surface area contributed by atoms with E-state index < -0.39 is 0 Å². The largest absolute Gasteiger partial charge is 0.490 e. The van der Waals surface area contributed by atoms with Crippen molar-refractivity contribution in [2.24, 2.45) is 5.41 Å². The van der Waals surface area contributed by atoms with Crippen molar-refractivity contribution >= 4 is 0 Å². The highest BCUT2D eigenvalue weighted by Gasteiger charge is 2.37. The summed E-state index contributed by atoms with van der Waals surface area (Å²) < 4.78 is 10.9. The number of nitrogens with zero attached hydrogens (tertiary/aromatic N) is 2. The molecule has 0 aromatic carbocycles. The average molecular weight is 218 g/mol. The van der Waals surface area contributed by atoms with Crippen LogP contribution in [0.25, 0.3) is 0 Å². The van der Waals surface area contributed by atoms with E-state index in [0.717, 1.165) is 19.6 Å². The van der Waals surface area contributed by atoms with Gasteiger partial charge in [0.05, 0.1) is 37.0 Å². The first-order valence-corrected chi connectivity index (χ1v) is 5.34. The number of hydrogen-bond acceptors (Lipinski definition) is 4. The lowest BCUT2D eigenvalue weighted by Gasteiger charge is -2.40. The van der Waals surface area contributed by atoms with Crippen molar-refractivity contribution in [3.8, 4) is 11.8 Å². The van der Waals surface area contributed by atoms with Gasteiger partial charge in [0.25, 0.3) is 0 Å². The van der Waals surface area contributed by atoms with Crippen molar-refractivity contribution in [2.45, 2.75) is 13.3 Å². The molecule has 1 aromatic heterocycles. The summed E-state index contributed by atoms with van der Waals surface area (Å²) in [5, 5.41) is 8.89. The van der Waals surface area contributed by atoms with Crippen molar-refractivity contribution in [3.63, 3.8) is 0 Å². The van der Waals surface area contributed by atoms with Gasteiger partial charge in [-0.25, -0.2) is 0 Å². The van der Waals surface area contributed by atoms with Gasteiger partial charge in [-0.15, -0.1) is 0 Å². The summed E-state index contributed by atoms with van der Waals surface area (Å²) in [6, 6.07) is 3.75. The Morgan fingerprint density at radius 3 is 3.00 bits per heavy atom. The van der Waals surface area contributed by atoms with Crippen LogP contribution in [-0.4, -0.2) is 24.8 Å².